The zero-order valence-electron chi connectivity index (χ0n) is 14.3. The van der Waals surface area contributed by atoms with Crippen LogP contribution >= 0.6 is 0 Å². The Morgan fingerprint density at radius 2 is 1.54 bits per heavy atom. The number of hydrogen-bond donors (Lipinski definition) is 1. The van der Waals surface area contributed by atoms with Gasteiger partial charge in [0.05, 0.1) is 42.6 Å². The Bertz CT molecular complexity index is 749. The van der Waals surface area contributed by atoms with Gasteiger partial charge in [0.2, 0.25) is 5.75 Å². The number of ether oxygens (including phenoxy) is 3. The van der Waals surface area contributed by atoms with Crippen LogP contribution in [0.25, 0.3) is 0 Å². The van der Waals surface area contributed by atoms with Crippen LogP contribution in [0.1, 0.15) is 33.1 Å². The molecule has 0 saturated heterocycles. The quantitative estimate of drug-likeness (QED) is 0.869. The summed E-state index contributed by atoms with van der Waals surface area (Å²) in [6.07, 6.45) is 0. The van der Waals surface area contributed by atoms with Crippen LogP contribution in [0.15, 0.2) is 12.1 Å². The summed E-state index contributed by atoms with van der Waals surface area (Å²) in [7, 11) is 2.88. The van der Waals surface area contributed by atoms with E-state index in [-0.39, 0.29) is 23.7 Å². The number of benzene rings is 1. The third-order valence-corrected chi connectivity index (χ3v) is 3.64. The fourth-order valence-electron chi connectivity index (χ4n) is 2.18. The molecule has 0 spiro atoms. The van der Waals surface area contributed by atoms with E-state index in [0.717, 1.165) is 17.1 Å². The lowest BCUT2D eigenvalue weighted by molar-refractivity contribution is 0.0696. The van der Waals surface area contributed by atoms with Crippen LogP contribution in [0, 0.1) is 20.8 Å². The average Bonchev–Trinajstić information content (AvgIpc) is 2.56. The number of aromatic nitrogens is 2. The van der Waals surface area contributed by atoms with Crippen molar-refractivity contribution in [2.45, 2.75) is 27.4 Å². The lowest BCUT2D eigenvalue weighted by Gasteiger charge is -2.16. The van der Waals surface area contributed by atoms with Crippen molar-refractivity contribution in [1.82, 2.24) is 9.97 Å². The van der Waals surface area contributed by atoms with Crippen LogP contribution < -0.4 is 14.2 Å². The molecule has 0 atom stereocenters. The Hall–Kier alpha value is -2.83. The minimum Gasteiger partial charge on any atom is -0.493 e. The summed E-state index contributed by atoms with van der Waals surface area (Å²) >= 11 is 0. The van der Waals surface area contributed by atoms with Gasteiger partial charge in [0, 0.05) is 0 Å². The Labute approximate surface area is 140 Å². The molecule has 1 N–H and O–H groups in total. The first kappa shape index (κ1) is 17.5. The first-order valence-corrected chi connectivity index (χ1v) is 7.30. The molecule has 2 rings (SSSR count). The van der Waals surface area contributed by atoms with Crippen LogP contribution in [0.2, 0.25) is 0 Å². The van der Waals surface area contributed by atoms with Crippen molar-refractivity contribution in [2.24, 2.45) is 0 Å². The van der Waals surface area contributed by atoms with Crippen molar-refractivity contribution in [3.63, 3.8) is 0 Å². The smallest absolute Gasteiger partial charge is 0.335 e. The molecular formula is C17H20N2O5. The predicted octanol–water partition coefficient (Wildman–Crippen LogP) is 2.70. The van der Waals surface area contributed by atoms with E-state index in [9.17, 15) is 4.79 Å². The van der Waals surface area contributed by atoms with Gasteiger partial charge in [0.25, 0.3) is 0 Å². The zero-order chi connectivity index (χ0) is 17.9. The summed E-state index contributed by atoms with van der Waals surface area (Å²) in [4.78, 5) is 20.1. The van der Waals surface area contributed by atoms with Gasteiger partial charge in [-0.2, -0.15) is 0 Å². The molecule has 0 aliphatic carbocycles. The summed E-state index contributed by atoms with van der Waals surface area (Å²) in [6, 6.07) is 2.78. The highest BCUT2D eigenvalue weighted by Crippen LogP contribution is 2.39. The topological polar surface area (TPSA) is 90.8 Å². The van der Waals surface area contributed by atoms with Gasteiger partial charge in [0.1, 0.15) is 6.61 Å². The van der Waals surface area contributed by atoms with E-state index >= 15 is 0 Å². The number of carbonyl (C=O) groups is 1. The first-order valence-electron chi connectivity index (χ1n) is 7.30. The summed E-state index contributed by atoms with van der Waals surface area (Å²) in [5.74, 6) is -0.194. The van der Waals surface area contributed by atoms with E-state index in [1.54, 1.807) is 0 Å². The molecule has 0 aliphatic rings. The van der Waals surface area contributed by atoms with Crippen molar-refractivity contribution in [3.05, 3.63) is 40.5 Å². The van der Waals surface area contributed by atoms with E-state index in [0.29, 0.717) is 11.4 Å². The van der Waals surface area contributed by atoms with E-state index in [1.807, 2.05) is 20.8 Å². The molecule has 7 nitrogen and oxygen atoms in total. The number of rotatable bonds is 6. The molecule has 1 aromatic carbocycles. The molecule has 0 fully saturated rings. The van der Waals surface area contributed by atoms with Gasteiger partial charge in [-0.1, -0.05) is 0 Å². The van der Waals surface area contributed by atoms with Crippen molar-refractivity contribution in [2.75, 3.05) is 14.2 Å². The molecule has 7 heteroatoms. The Morgan fingerprint density at radius 1 is 1.00 bits per heavy atom. The van der Waals surface area contributed by atoms with Crippen molar-refractivity contribution in [1.29, 1.82) is 0 Å². The Balaban J connectivity index is 2.35. The highest BCUT2D eigenvalue weighted by Gasteiger charge is 2.18. The van der Waals surface area contributed by atoms with Gasteiger partial charge >= 0.3 is 5.97 Å². The van der Waals surface area contributed by atoms with Crippen LogP contribution in [0.4, 0.5) is 0 Å². The van der Waals surface area contributed by atoms with Gasteiger partial charge in [0.15, 0.2) is 11.5 Å². The molecule has 0 saturated carbocycles. The van der Waals surface area contributed by atoms with Gasteiger partial charge in [-0.15, -0.1) is 0 Å². The standard InChI is InChI=1S/C17H20N2O5/c1-9-10(2)19-13(11(3)18-9)8-24-16-14(22-4)6-12(17(20)21)7-15(16)23-5/h6-7H,8H2,1-5H3,(H,20,21). The van der Waals surface area contributed by atoms with Gasteiger partial charge in [-0.05, 0) is 32.9 Å². The third kappa shape index (κ3) is 3.56. The number of hydrogen-bond acceptors (Lipinski definition) is 6. The molecule has 0 bridgehead atoms. The molecule has 0 radical (unpaired) electrons. The average molecular weight is 332 g/mol. The molecule has 0 amide bonds. The zero-order valence-corrected chi connectivity index (χ0v) is 14.3. The van der Waals surface area contributed by atoms with Crippen molar-refractivity contribution in [3.8, 4) is 17.2 Å². The predicted molar refractivity (Wildman–Crippen MR) is 87.1 cm³/mol. The van der Waals surface area contributed by atoms with Crippen LogP contribution in [-0.2, 0) is 6.61 Å². The molecule has 128 valence electrons. The normalized spacial score (nSPS) is 10.4. The highest BCUT2D eigenvalue weighted by atomic mass is 16.5. The molecular weight excluding hydrogens is 312 g/mol. The van der Waals surface area contributed by atoms with Crippen LogP contribution in [-0.4, -0.2) is 35.3 Å². The van der Waals surface area contributed by atoms with Crippen LogP contribution in [0.3, 0.4) is 0 Å². The van der Waals surface area contributed by atoms with Gasteiger partial charge in [-0.25, -0.2) is 4.79 Å². The minimum atomic E-state index is -1.07. The maximum atomic E-state index is 11.2. The summed E-state index contributed by atoms with van der Waals surface area (Å²) in [6.45, 7) is 5.81. The number of nitrogens with zero attached hydrogens (tertiary/aromatic N) is 2. The number of carboxylic acid groups (broad SMARTS) is 1. The molecule has 1 aromatic heterocycles. The second kappa shape index (κ2) is 7.16. The number of aryl methyl sites for hydroxylation is 3. The van der Waals surface area contributed by atoms with Crippen LogP contribution in [0.5, 0.6) is 17.2 Å². The van der Waals surface area contributed by atoms with E-state index in [1.165, 1.54) is 26.4 Å². The maximum Gasteiger partial charge on any atom is 0.335 e. The van der Waals surface area contributed by atoms with E-state index < -0.39 is 5.97 Å². The lowest BCUT2D eigenvalue weighted by atomic mass is 10.2. The van der Waals surface area contributed by atoms with Gasteiger partial charge < -0.3 is 19.3 Å². The highest BCUT2D eigenvalue weighted by molar-refractivity contribution is 5.89. The maximum absolute atomic E-state index is 11.2. The largest absolute Gasteiger partial charge is 0.493 e. The SMILES string of the molecule is COc1cc(C(=O)O)cc(OC)c1OCc1nc(C)c(C)nc1C. The third-order valence-electron chi connectivity index (χ3n) is 3.64. The number of methoxy groups -OCH3 is 2. The Kier molecular flexibility index (Phi) is 5.23. The second-order valence-electron chi connectivity index (χ2n) is 5.23. The summed E-state index contributed by atoms with van der Waals surface area (Å²) < 4.78 is 16.3. The molecule has 1 heterocycles. The van der Waals surface area contributed by atoms with E-state index in [4.69, 9.17) is 19.3 Å². The summed E-state index contributed by atoms with van der Waals surface area (Å²) in [5.41, 5.74) is 3.23. The molecule has 0 aliphatic heterocycles. The summed E-state index contributed by atoms with van der Waals surface area (Å²) in [5, 5.41) is 9.15. The fraction of sp³-hybridized carbons (Fsp3) is 0.353. The molecule has 2 aromatic rings. The first-order chi connectivity index (χ1) is 11.4. The number of carboxylic acids is 1. The second-order valence-corrected chi connectivity index (χ2v) is 5.23. The monoisotopic (exact) mass is 332 g/mol. The molecule has 0 unspecified atom stereocenters. The van der Waals surface area contributed by atoms with Crippen molar-refractivity contribution < 1.29 is 24.1 Å². The molecule has 24 heavy (non-hydrogen) atoms. The van der Waals surface area contributed by atoms with E-state index in [2.05, 4.69) is 9.97 Å². The van der Waals surface area contributed by atoms with Gasteiger partial charge in [-0.3, -0.25) is 9.97 Å². The fourth-order valence-corrected chi connectivity index (χ4v) is 2.18. The Morgan fingerprint density at radius 3 is 2.04 bits per heavy atom. The lowest BCUT2D eigenvalue weighted by Crippen LogP contribution is -2.08. The number of aromatic carboxylic acids is 1. The minimum absolute atomic E-state index is 0.0539. The van der Waals surface area contributed by atoms with Crippen molar-refractivity contribution >= 4 is 5.97 Å².